The average Bonchev–Trinajstić information content (AvgIpc) is 3.12. The molecule has 0 aliphatic heterocycles. The first-order valence-electron chi connectivity index (χ1n) is 8.20. The normalized spacial score (nSPS) is 25.9. The quantitative estimate of drug-likeness (QED) is 0.750. The standard InChI is InChI=1S/C18H22N2O5/c1-10-14(15(20-25-10)11-6-4-3-5-7-11)18(23)19-13-8-12(9-24-2)16(21)17(13)22/h3-7,12-13,16-17,21-22H,8-9H2,1-2H3,(H,19,23)/t12-,13-,16-,17+/m1/s1. The van der Waals surface area contributed by atoms with Crippen LogP contribution in [0.5, 0.6) is 0 Å². The summed E-state index contributed by atoms with van der Waals surface area (Å²) in [6.45, 7) is 1.99. The van der Waals surface area contributed by atoms with Crippen LogP contribution in [0, 0.1) is 12.8 Å². The molecule has 4 atom stereocenters. The van der Waals surface area contributed by atoms with Crippen molar-refractivity contribution in [2.75, 3.05) is 13.7 Å². The van der Waals surface area contributed by atoms with E-state index in [-0.39, 0.29) is 11.8 Å². The Morgan fingerprint density at radius 1 is 1.32 bits per heavy atom. The van der Waals surface area contributed by atoms with Crippen LogP contribution in [-0.2, 0) is 4.74 Å². The van der Waals surface area contributed by atoms with Crippen LogP contribution in [0.1, 0.15) is 22.5 Å². The van der Waals surface area contributed by atoms with Gasteiger partial charge in [-0.05, 0) is 13.3 Å². The van der Waals surface area contributed by atoms with E-state index in [9.17, 15) is 15.0 Å². The number of carbonyl (C=O) groups is 1. The minimum Gasteiger partial charge on any atom is -0.390 e. The van der Waals surface area contributed by atoms with Gasteiger partial charge in [0.15, 0.2) is 0 Å². The maximum Gasteiger partial charge on any atom is 0.257 e. The Bertz CT molecular complexity index is 730. The largest absolute Gasteiger partial charge is 0.390 e. The number of hydrogen-bond acceptors (Lipinski definition) is 6. The minimum atomic E-state index is -1.04. The topological polar surface area (TPSA) is 105 Å². The van der Waals surface area contributed by atoms with Gasteiger partial charge in [0, 0.05) is 18.6 Å². The lowest BCUT2D eigenvalue weighted by Gasteiger charge is -2.18. The van der Waals surface area contributed by atoms with E-state index in [0.717, 1.165) is 5.56 Å². The highest BCUT2D eigenvalue weighted by Crippen LogP contribution is 2.29. The molecular weight excluding hydrogens is 324 g/mol. The van der Waals surface area contributed by atoms with Crippen molar-refractivity contribution in [2.45, 2.75) is 31.6 Å². The number of nitrogens with one attached hydrogen (secondary N) is 1. The van der Waals surface area contributed by atoms with Crippen molar-refractivity contribution in [1.29, 1.82) is 0 Å². The van der Waals surface area contributed by atoms with Gasteiger partial charge < -0.3 is 24.8 Å². The van der Waals surface area contributed by atoms with Crippen molar-refractivity contribution < 1.29 is 24.3 Å². The third-order valence-electron chi connectivity index (χ3n) is 4.64. The van der Waals surface area contributed by atoms with E-state index in [1.54, 1.807) is 6.92 Å². The van der Waals surface area contributed by atoms with Crippen LogP contribution in [0.25, 0.3) is 11.3 Å². The first-order chi connectivity index (χ1) is 12.0. The van der Waals surface area contributed by atoms with Crippen LogP contribution in [0.3, 0.4) is 0 Å². The van der Waals surface area contributed by atoms with Gasteiger partial charge in [-0.3, -0.25) is 4.79 Å². The summed E-state index contributed by atoms with van der Waals surface area (Å²) in [6.07, 6.45) is -1.53. The van der Waals surface area contributed by atoms with Crippen LogP contribution in [0.2, 0.25) is 0 Å². The van der Waals surface area contributed by atoms with Crippen molar-refractivity contribution >= 4 is 5.91 Å². The SMILES string of the molecule is COC[C@H]1C[C@@H](NC(=O)c2c(-c3ccccc3)noc2C)[C@H](O)[C@@H]1O. The van der Waals surface area contributed by atoms with Crippen molar-refractivity contribution in [3.63, 3.8) is 0 Å². The highest BCUT2D eigenvalue weighted by molar-refractivity contribution is 6.01. The molecule has 1 aliphatic carbocycles. The number of aliphatic hydroxyl groups is 2. The zero-order valence-electron chi connectivity index (χ0n) is 14.2. The molecule has 1 amide bonds. The van der Waals surface area contributed by atoms with Gasteiger partial charge in [-0.25, -0.2) is 0 Å². The second-order valence-corrected chi connectivity index (χ2v) is 6.34. The predicted octanol–water partition coefficient (Wildman–Crippen LogP) is 1.14. The smallest absolute Gasteiger partial charge is 0.257 e. The average molecular weight is 346 g/mol. The summed E-state index contributed by atoms with van der Waals surface area (Å²) in [5, 5.41) is 27.1. The highest BCUT2D eigenvalue weighted by Gasteiger charge is 2.42. The molecule has 0 spiro atoms. The molecule has 1 aromatic heterocycles. The fraction of sp³-hybridized carbons (Fsp3) is 0.444. The molecular formula is C18H22N2O5. The zero-order valence-corrected chi connectivity index (χ0v) is 14.2. The van der Waals surface area contributed by atoms with Crippen LogP contribution in [-0.4, -0.2) is 53.2 Å². The Labute approximate surface area is 145 Å². The number of aryl methyl sites for hydroxylation is 1. The molecule has 0 unspecified atom stereocenters. The summed E-state index contributed by atoms with van der Waals surface area (Å²) in [5.41, 5.74) is 1.56. The van der Waals surface area contributed by atoms with Crippen molar-refractivity contribution in [3.8, 4) is 11.3 Å². The molecule has 134 valence electrons. The number of carbonyl (C=O) groups excluding carboxylic acids is 1. The van der Waals surface area contributed by atoms with E-state index >= 15 is 0 Å². The number of rotatable bonds is 5. The van der Waals surface area contributed by atoms with Gasteiger partial charge in [-0.1, -0.05) is 35.5 Å². The predicted molar refractivity (Wildman–Crippen MR) is 89.9 cm³/mol. The third kappa shape index (κ3) is 3.44. The number of hydrogen-bond donors (Lipinski definition) is 3. The number of nitrogens with zero attached hydrogens (tertiary/aromatic N) is 1. The fourth-order valence-corrected chi connectivity index (χ4v) is 3.32. The second kappa shape index (κ2) is 7.35. The Morgan fingerprint density at radius 2 is 2.04 bits per heavy atom. The molecule has 7 heteroatoms. The molecule has 1 aliphatic rings. The van der Waals surface area contributed by atoms with E-state index in [4.69, 9.17) is 9.26 Å². The third-order valence-corrected chi connectivity index (χ3v) is 4.64. The number of benzene rings is 1. The summed E-state index contributed by atoms with van der Waals surface area (Å²) in [6, 6.07) is 8.72. The number of methoxy groups -OCH3 is 1. The number of ether oxygens (including phenoxy) is 1. The van der Waals surface area contributed by atoms with Crippen molar-refractivity contribution in [1.82, 2.24) is 10.5 Å². The summed E-state index contributed by atoms with van der Waals surface area (Å²) in [4.78, 5) is 12.8. The Balaban J connectivity index is 1.80. The second-order valence-electron chi connectivity index (χ2n) is 6.34. The van der Waals surface area contributed by atoms with E-state index in [1.165, 1.54) is 7.11 Å². The van der Waals surface area contributed by atoms with Gasteiger partial charge in [0.05, 0.1) is 18.8 Å². The first-order valence-corrected chi connectivity index (χ1v) is 8.20. The van der Waals surface area contributed by atoms with Crippen LogP contribution in [0.4, 0.5) is 0 Å². The van der Waals surface area contributed by atoms with Crippen LogP contribution < -0.4 is 5.32 Å². The van der Waals surface area contributed by atoms with Gasteiger partial charge in [0.2, 0.25) is 0 Å². The molecule has 0 radical (unpaired) electrons. The molecule has 0 bridgehead atoms. The summed E-state index contributed by atoms with van der Waals surface area (Å²) in [5.74, 6) is -0.202. The lowest BCUT2D eigenvalue weighted by atomic mass is 10.0. The van der Waals surface area contributed by atoms with E-state index in [1.807, 2.05) is 30.3 Å². The van der Waals surface area contributed by atoms with Gasteiger partial charge >= 0.3 is 0 Å². The Morgan fingerprint density at radius 3 is 2.72 bits per heavy atom. The molecule has 1 heterocycles. The van der Waals surface area contributed by atoms with Crippen LogP contribution >= 0.6 is 0 Å². The molecule has 1 saturated carbocycles. The Hall–Kier alpha value is -2.22. The first kappa shape index (κ1) is 17.6. The zero-order chi connectivity index (χ0) is 18.0. The van der Waals surface area contributed by atoms with E-state index in [2.05, 4.69) is 10.5 Å². The maximum atomic E-state index is 12.8. The fourth-order valence-electron chi connectivity index (χ4n) is 3.32. The van der Waals surface area contributed by atoms with Gasteiger partial charge in [0.25, 0.3) is 5.91 Å². The number of aliphatic hydroxyl groups excluding tert-OH is 2. The molecule has 3 rings (SSSR count). The molecule has 1 aromatic carbocycles. The molecule has 3 N–H and O–H groups in total. The van der Waals surface area contributed by atoms with E-state index in [0.29, 0.717) is 30.0 Å². The molecule has 25 heavy (non-hydrogen) atoms. The van der Waals surface area contributed by atoms with E-state index < -0.39 is 18.2 Å². The lowest BCUT2D eigenvalue weighted by molar-refractivity contribution is -0.00552. The molecule has 2 aromatic rings. The van der Waals surface area contributed by atoms with Crippen molar-refractivity contribution in [3.05, 3.63) is 41.7 Å². The number of amides is 1. The molecule has 0 saturated heterocycles. The molecule has 1 fully saturated rings. The molecule has 7 nitrogen and oxygen atoms in total. The summed E-state index contributed by atoms with van der Waals surface area (Å²) >= 11 is 0. The minimum absolute atomic E-state index is 0.220. The maximum absolute atomic E-state index is 12.8. The van der Waals surface area contributed by atoms with Gasteiger partial charge in [-0.2, -0.15) is 0 Å². The van der Waals surface area contributed by atoms with Gasteiger partial charge in [-0.15, -0.1) is 0 Å². The lowest BCUT2D eigenvalue weighted by Crippen LogP contribution is -2.43. The van der Waals surface area contributed by atoms with Gasteiger partial charge in [0.1, 0.15) is 23.1 Å². The monoisotopic (exact) mass is 346 g/mol. The Kier molecular flexibility index (Phi) is 5.17. The summed E-state index contributed by atoms with van der Waals surface area (Å²) < 4.78 is 10.3. The number of aromatic nitrogens is 1. The highest BCUT2D eigenvalue weighted by atomic mass is 16.5. The van der Waals surface area contributed by atoms with Crippen LogP contribution in [0.15, 0.2) is 34.9 Å². The van der Waals surface area contributed by atoms with Crippen molar-refractivity contribution in [2.24, 2.45) is 5.92 Å². The summed E-state index contributed by atoms with van der Waals surface area (Å²) in [7, 11) is 1.54.